The summed E-state index contributed by atoms with van der Waals surface area (Å²) >= 11 is 0. The number of carbonyl (C=O) groups is 1. The molecule has 46 heavy (non-hydrogen) atoms. The summed E-state index contributed by atoms with van der Waals surface area (Å²) in [7, 11) is 0. The molecule has 0 unspecified atom stereocenters. The van der Waals surface area contributed by atoms with Crippen LogP contribution in [0.25, 0.3) is 28.2 Å². The molecule has 0 spiro atoms. The van der Waals surface area contributed by atoms with Crippen LogP contribution in [0.4, 0.5) is 26.3 Å². The molecule has 0 bridgehead atoms. The Kier molecular flexibility index (Phi) is 9.03. The second kappa shape index (κ2) is 13.0. The fraction of sp³-hybridized carbons (Fsp3) is 0.182. The summed E-state index contributed by atoms with van der Waals surface area (Å²) < 4.78 is 93.0. The van der Waals surface area contributed by atoms with Gasteiger partial charge in [0, 0.05) is 11.1 Å². The maximum atomic E-state index is 13.8. The molecule has 2 heterocycles. The maximum Gasteiger partial charge on any atom is 0.434 e. The molecule has 5 aromatic rings. The van der Waals surface area contributed by atoms with Gasteiger partial charge >= 0.3 is 18.3 Å². The number of carboxylic acid groups (broad SMARTS) is 1. The SMILES string of the molecule is CCCOc1cc(-c2ccc(C(F)(F)F)cc2)ccc1COc1ccccc1-c1cccc(-n2ncc(C(=O)O)c2C(F)(F)F)n1. The third-order valence-corrected chi connectivity index (χ3v) is 6.84. The third-order valence-electron chi connectivity index (χ3n) is 6.84. The van der Waals surface area contributed by atoms with Gasteiger partial charge in [-0.25, -0.2) is 14.5 Å². The van der Waals surface area contributed by atoms with Crippen molar-refractivity contribution in [3.63, 3.8) is 0 Å². The van der Waals surface area contributed by atoms with E-state index in [1.807, 2.05) is 6.92 Å². The Labute approximate surface area is 258 Å². The van der Waals surface area contributed by atoms with E-state index < -0.39 is 35.1 Å². The van der Waals surface area contributed by atoms with Crippen LogP contribution in [0, 0.1) is 0 Å². The van der Waals surface area contributed by atoms with E-state index in [2.05, 4.69) is 10.1 Å². The Morgan fingerprint density at radius 2 is 1.54 bits per heavy atom. The highest BCUT2D eigenvalue weighted by atomic mass is 19.4. The van der Waals surface area contributed by atoms with Crippen molar-refractivity contribution in [2.75, 3.05) is 6.61 Å². The number of aromatic nitrogens is 3. The number of benzene rings is 3. The molecule has 238 valence electrons. The first-order valence-corrected chi connectivity index (χ1v) is 13.9. The normalized spacial score (nSPS) is 11.8. The lowest BCUT2D eigenvalue weighted by Crippen LogP contribution is -2.18. The summed E-state index contributed by atoms with van der Waals surface area (Å²) in [5.41, 5.74) is -0.671. The van der Waals surface area contributed by atoms with E-state index in [0.29, 0.717) is 57.7 Å². The average molecular weight is 642 g/mol. The van der Waals surface area contributed by atoms with Crippen LogP contribution in [0.2, 0.25) is 0 Å². The van der Waals surface area contributed by atoms with Crippen LogP contribution in [0.5, 0.6) is 11.5 Å². The first kappa shape index (κ1) is 32.1. The topological polar surface area (TPSA) is 86.5 Å². The summed E-state index contributed by atoms with van der Waals surface area (Å²) in [5.74, 6) is -1.20. The molecule has 0 aliphatic rings. The van der Waals surface area contributed by atoms with E-state index in [-0.39, 0.29) is 18.1 Å². The van der Waals surface area contributed by atoms with Crippen molar-refractivity contribution >= 4 is 5.97 Å². The molecule has 0 aliphatic carbocycles. The second-order valence-electron chi connectivity index (χ2n) is 10.0. The van der Waals surface area contributed by atoms with Crippen molar-refractivity contribution in [2.45, 2.75) is 32.3 Å². The number of pyridine rings is 1. The number of ether oxygens (including phenoxy) is 2. The van der Waals surface area contributed by atoms with Crippen molar-refractivity contribution in [1.82, 2.24) is 14.8 Å². The minimum absolute atomic E-state index is 0.0163. The van der Waals surface area contributed by atoms with Crippen LogP contribution in [0.15, 0.2) is 91.1 Å². The van der Waals surface area contributed by atoms with Crippen LogP contribution in [0.3, 0.4) is 0 Å². The van der Waals surface area contributed by atoms with Gasteiger partial charge in [0.1, 0.15) is 23.7 Å². The molecule has 0 aliphatic heterocycles. The van der Waals surface area contributed by atoms with Crippen molar-refractivity contribution in [1.29, 1.82) is 0 Å². The molecule has 7 nitrogen and oxygen atoms in total. The first-order chi connectivity index (χ1) is 21.9. The lowest BCUT2D eigenvalue weighted by atomic mass is 10.0. The Morgan fingerprint density at radius 3 is 2.22 bits per heavy atom. The lowest BCUT2D eigenvalue weighted by Gasteiger charge is -2.16. The van der Waals surface area contributed by atoms with Crippen LogP contribution in [-0.4, -0.2) is 32.4 Å². The van der Waals surface area contributed by atoms with Crippen molar-refractivity contribution in [3.05, 3.63) is 114 Å². The summed E-state index contributed by atoms with van der Waals surface area (Å²) in [4.78, 5) is 15.7. The zero-order valence-corrected chi connectivity index (χ0v) is 24.1. The monoisotopic (exact) mass is 641 g/mol. The van der Waals surface area contributed by atoms with Crippen LogP contribution in [0.1, 0.15) is 40.5 Å². The van der Waals surface area contributed by atoms with Gasteiger partial charge in [-0.15, -0.1) is 0 Å². The highest BCUT2D eigenvalue weighted by molar-refractivity contribution is 5.89. The molecule has 0 saturated heterocycles. The predicted molar refractivity (Wildman–Crippen MR) is 156 cm³/mol. The molecule has 0 fully saturated rings. The number of carboxylic acids is 1. The Bertz CT molecular complexity index is 1850. The van der Waals surface area contributed by atoms with Gasteiger partial charge in [-0.2, -0.15) is 31.4 Å². The molecule has 1 N–H and O–H groups in total. The molecular formula is C33H25F6N3O4. The van der Waals surface area contributed by atoms with E-state index in [1.165, 1.54) is 24.3 Å². The molecular weight excluding hydrogens is 616 g/mol. The fourth-order valence-corrected chi connectivity index (χ4v) is 4.65. The summed E-state index contributed by atoms with van der Waals surface area (Å²) in [6.45, 7) is 2.33. The largest absolute Gasteiger partial charge is 0.493 e. The summed E-state index contributed by atoms with van der Waals surface area (Å²) in [6.07, 6.45) is -8.13. The average Bonchev–Trinajstić information content (AvgIpc) is 3.50. The van der Waals surface area contributed by atoms with Gasteiger partial charge < -0.3 is 14.6 Å². The maximum absolute atomic E-state index is 13.8. The van der Waals surface area contributed by atoms with Gasteiger partial charge in [0.2, 0.25) is 0 Å². The van der Waals surface area contributed by atoms with Gasteiger partial charge in [-0.05, 0) is 60.0 Å². The first-order valence-electron chi connectivity index (χ1n) is 13.9. The Balaban J connectivity index is 1.43. The van der Waals surface area contributed by atoms with E-state index in [9.17, 15) is 36.2 Å². The number of aromatic carboxylic acids is 1. The number of hydrogen-bond acceptors (Lipinski definition) is 5. The standard InChI is InChI=1S/C33H25F6N3O4/c1-2-16-45-28-17-21(20-12-14-23(15-13-20)32(34,35)36)10-11-22(28)19-46-27-8-4-3-6-24(27)26-7-5-9-29(41-26)42-30(33(37,38)39)25(18-40-42)31(43)44/h3-15,17-18H,2,16,19H2,1H3,(H,43,44). The third kappa shape index (κ3) is 6.98. The molecule has 3 aromatic carbocycles. The Hall–Kier alpha value is -5.33. The number of nitrogens with zero attached hydrogens (tertiary/aromatic N) is 3. The lowest BCUT2D eigenvalue weighted by molar-refractivity contribution is -0.143. The van der Waals surface area contributed by atoms with E-state index in [4.69, 9.17) is 9.47 Å². The number of hydrogen-bond donors (Lipinski definition) is 1. The smallest absolute Gasteiger partial charge is 0.434 e. The van der Waals surface area contributed by atoms with Crippen LogP contribution in [-0.2, 0) is 19.0 Å². The van der Waals surface area contributed by atoms with E-state index >= 15 is 0 Å². The summed E-state index contributed by atoms with van der Waals surface area (Å²) in [5, 5.41) is 12.9. The highest BCUT2D eigenvalue weighted by Crippen LogP contribution is 2.36. The van der Waals surface area contributed by atoms with Gasteiger partial charge in [-0.3, -0.25) is 0 Å². The molecule has 0 atom stereocenters. The zero-order chi connectivity index (χ0) is 33.1. The minimum Gasteiger partial charge on any atom is -0.493 e. The fourth-order valence-electron chi connectivity index (χ4n) is 4.65. The molecule has 0 saturated carbocycles. The van der Waals surface area contributed by atoms with Gasteiger partial charge in [0.15, 0.2) is 11.5 Å². The summed E-state index contributed by atoms with van der Waals surface area (Å²) in [6, 6.07) is 21.0. The second-order valence-corrected chi connectivity index (χ2v) is 10.0. The zero-order valence-electron chi connectivity index (χ0n) is 24.1. The van der Waals surface area contributed by atoms with Crippen molar-refractivity contribution < 1.29 is 45.7 Å². The van der Waals surface area contributed by atoms with Crippen LogP contribution < -0.4 is 9.47 Å². The number of rotatable bonds is 10. The number of halogens is 6. The molecule has 5 rings (SSSR count). The quantitative estimate of drug-likeness (QED) is 0.154. The number of alkyl halides is 6. The highest BCUT2D eigenvalue weighted by Gasteiger charge is 2.41. The van der Waals surface area contributed by atoms with Gasteiger partial charge in [0.25, 0.3) is 0 Å². The van der Waals surface area contributed by atoms with E-state index in [0.717, 1.165) is 12.1 Å². The molecule has 13 heteroatoms. The van der Waals surface area contributed by atoms with Crippen molar-refractivity contribution in [3.8, 4) is 39.7 Å². The van der Waals surface area contributed by atoms with Crippen molar-refractivity contribution in [2.24, 2.45) is 0 Å². The van der Waals surface area contributed by atoms with Gasteiger partial charge in [0.05, 0.1) is 24.1 Å². The minimum atomic E-state index is -5.01. The van der Waals surface area contributed by atoms with Crippen LogP contribution >= 0.6 is 0 Å². The molecule has 0 amide bonds. The van der Waals surface area contributed by atoms with Gasteiger partial charge in [-0.1, -0.05) is 49.4 Å². The molecule has 0 radical (unpaired) electrons. The Morgan fingerprint density at radius 1 is 0.826 bits per heavy atom. The number of para-hydroxylation sites is 1. The van der Waals surface area contributed by atoms with E-state index in [1.54, 1.807) is 48.5 Å². The molecule has 2 aromatic heterocycles. The predicted octanol–water partition coefficient (Wildman–Crippen LogP) is 8.70.